The number of carbonyl (C=O) groups excluding carboxylic acids is 2. The third-order valence-corrected chi connectivity index (χ3v) is 4.43. The third kappa shape index (κ3) is 3.39. The lowest BCUT2D eigenvalue weighted by Crippen LogP contribution is -2.35. The molecule has 2 heterocycles. The zero-order chi connectivity index (χ0) is 20.5. The van der Waals surface area contributed by atoms with Crippen molar-refractivity contribution in [2.45, 2.75) is 6.92 Å². The number of hydrogen-bond acceptors (Lipinski definition) is 5. The number of furan rings is 1. The Kier molecular flexibility index (Phi) is 4.44. The molecule has 0 atom stereocenters. The minimum Gasteiger partial charge on any atom is -0.456 e. The molecule has 29 heavy (non-hydrogen) atoms. The predicted octanol–water partition coefficient (Wildman–Crippen LogP) is 3.62. The van der Waals surface area contributed by atoms with Crippen molar-refractivity contribution in [1.29, 1.82) is 0 Å². The Morgan fingerprint density at radius 2 is 1.86 bits per heavy atom. The van der Waals surface area contributed by atoms with Gasteiger partial charge in [-0.1, -0.05) is 24.3 Å². The zero-order valence-electron chi connectivity index (χ0n) is 15.3. The van der Waals surface area contributed by atoms with Crippen LogP contribution in [0.1, 0.15) is 11.3 Å². The van der Waals surface area contributed by atoms with Crippen LogP contribution in [0.5, 0.6) is 0 Å². The molecule has 4 rings (SSSR count). The number of nitrogens with zero attached hydrogens (tertiary/aromatic N) is 2. The molecule has 2 amide bonds. The summed E-state index contributed by atoms with van der Waals surface area (Å²) in [4.78, 5) is 35.7. The van der Waals surface area contributed by atoms with E-state index in [1.807, 2.05) is 13.0 Å². The average molecular weight is 389 g/mol. The highest BCUT2D eigenvalue weighted by Crippen LogP contribution is 2.32. The van der Waals surface area contributed by atoms with Gasteiger partial charge in [0.25, 0.3) is 17.5 Å². The van der Waals surface area contributed by atoms with Crippen molar-refractivity contribution < 1.29 is 18.9 Å². The standard InChI is InChI=1S/C21H15N3O5/c1-13-5-4-6-14(11-13)23-21(26)17(20(25)22-23)12-15-9-10-19(29-15)16-7-2-3-8-18(16)24(27)28/h2-12H,1H3,(H,22,25)/b17-12+. The minimum atomic E-state index is -0.555. The zero-order valence-corrected chi connectivity index (χ0v) is 15.3. The first-order valence-electron chi connectivity index (χ1n) is 8.71. The van der Waals surface area contributed by atoms with E-state index >= 15 is 0 Å². The largest absolute Gasteiger partial charge is 0.456 e. The van der Waals surface area contributed by atoms with Crippen LogP contribution in [0.4, 0.5) is 11.4 Å². The number of hydrazine groups is 1. The van der Waals surface area contributed by atoms with Crippen LogP contribution in [-0.4, -0.2) is 16.7 Å². The van der Waals surface area contributed by atoms with E-state index in [1.54, 1.807) is 48.5 Å². The highest BCUT2D eigenvalue weighted by atomic mass is 16.6. The molecule has 0 bridgehead atoms. The van der Waals surface area contributed by atoms with Gasteiger partial charge in [-0.15, -0.1) is 0 Å². The van der Waals surface area contributed by atoms with Crippen LogP contribution in [0, 0.1) is 17.0 Å². The molecule has 0 radical (unpaired) electrons. The topological polar surface area (TPSA) is 106 Å². The SMILES string of the molecule is Cc1cccc(N2NC(=O)/C(=C\c3ccc(-c4ccccc4[N+](=O)[O-])o3)C2=O)c1. The number of nitro benzene ring substituents is 1. The Bertz CT molecular complexity index is 1180. The molecule has 2 aromatic carbocycles. The molecule has 144 valence electrons. The summed E-state index contributed by atoms with van der Waals surface area (Å²) >= 11 is 0. The van der Waals surface area contributed by atoms with E-state index in [9.17, 15) is 19.7 Å². The predicted molar refractivity (Wildman–Crippen MR) is 106 cm³/mol. The Labute approximate surface area is 165 Å². The summed E-state index contributed by atoms with van der Waals surface area (Å²) in [7, 11) is 0. The van der Waals surface area contributed by atoms with Crippen molar-refractivity contribution in [3.63, 3.8) is 0 Å². The van der Waals surface area contributed by atoms with E-state index in [0.717, 1.165) is 5.56 Å². The third-order valence-electron chi connectivity index (χ3n) is 4.43. The van der Waals surface area contributed by atoms with Crippen molar-refractivity contribution >= 4 is 29.3 Å². The average Bonchev–Trinajstić information content (AvgIpc) is 3.28. The van der Waals surface area contributed by atoms with Gasteiger partial charge in [0.1, 0.15) is 17.1 Å². The smallest absolute Gasteiger partial charge is 0.282 e. The van der Waals surface area contributed by atoms with Crippen molar-refractivity contribution in [1.82, 2.24) is 5.43 Å². The maximum Gasteiger partial charge on any atom is 0.282 e. The lowest BCUT2D eigenvalue weighted by Gasteiger charge is -2.14. The first-order chi connectivity index (χ1) is 13.9. The normalized spacial score (nSPS) is 15.1. The van der Waals surface area contributed by atoms with Crippen LogP contribution in [-0.2, 0) is 9.59 Å². The van der Waals surface area contributed by atoms with Gasteiger partial charge in [0.05, 0.1) is 16.2 Å². The van der Waals surface area contributed by atoms with E-state index in [1.165, 1.54) is 17.2 Å². The summed E-state index contributed by atoms with van der Waals surface area (Å²) in [6.45, 7) is 1.88. The second kappa shape index (κ2) is 7.08. The summed E-state index contributed by atoms with van der Waals surface area (Å²) < 4.78 is 5.65. The molecule has 8 nitrogen and oxygen atoms in total. The van der Waals surface area contributed by atoms with Gasteiger partial charge in [0.15, 0.2) is 0 Å². The first kappa shape index (κ1) is 18.2. The van der Waals surface area contributed by atoms with Crippen LogP contribution in [0.15, 0.2) is 70.7 Å². The van der Waals surface area contributed by atoms with Gasteiger partial charge in [-0.05, 0) is 48.9 Å². The second-order valence-electron chi connectivity index (χ2n) is 6.45. The van der Waals surface area contributed by atoms with Crippen LogP contribution in [0.2, 0.25) is 0 Å². The van der Waals surface area contributed by atoms with Gasteiger partial charge in [-0.2, -0.15) is 0 Å². The summed E-state index contributed by atoms with van der Waals surface area (Å²) in [6, 6.07) is 16.5. The van der Waals surface area contributed by atoms with E-state index in [2.05, 4.69) is 5.43 Å². The molecule has 1 aliphatic rings. The quantitative estimate of drug-likeness (QED) is 0.317. The van der Waals surface area contributed by atoms with Crippen LogP contribution < -0.4 is 10.4 Å². The van der Waals surface area contributed by atoms with Gasteiger partial charge in [0, 0.05) is 6.07 Å². The van der Waals surface area contributed by atoms with Gasteiger partial charge >= 0.3 is 0 Å². The molecule has 0 aliphatic carbocycles. The van der Waals surface area contributed by atoms with Crippen molar-refractivity contribution in [2.24, 2.45) is 0 Å². The van der Waals surface area contributed by atoms with Crippen molar-refractivity contribution in [3.05, 3.63) is 87.7 Å². The van der Waals surface area contributed by atoms with Crippen molar-refractivity contribution in [3.8, 4) is 11.3 Å². The molecule has 1 N–H and O–H groups in total. The molecule has 3 aromatic rings. The molecular weight excluding hydrogens is 374 g/mol. The van der Waals surface area contributed by atoms with Gasteiger partial charge in [-0.3, -0.25) is 25.1 Å². The van der Waals surface area contributed by atoms with Crippen LogP contribution >= 0.6 is 0 Å². The molecular formula is C21H15N3O5. The summed E-state index contributed by atoms with van der Waals surface area (Å²) in [6.07, 6.45) is 1.33. The molecule has 1 saturated heterocycles. The number of para-hydroxylation sites is 1. The molecule has 0 spiro atoms. The molecule has 1 aromatic heterocycles. The van der Waals surface area contributed by atoms with E-state index in [-0.39, 0.29) is 22.8 Å². The number of rotatable bonds is 4. The Morgan fingerprint density at radius 1 is 1.07 bits per heavy atom. The Balaban J connectivity index is 1.65. The Morgan fingerprint density at radius 3 is 2.62 bits per heavy atom. The maximum absolute atomic E-state index is 12.7. The number of nitrogens with one attached hydrogen (secondary N) is 1. The second-order valence-corrected chi connectivity index (χ2v) is 6.45. The first-order valence-corrected chi connectivity index (χ1v) is 8.71. The molecule has 0 unspecified atom stereocenters. The highest BCUT2D eigenvalue weighted by Gasteiger charge is 2.34. The molecule has 1 aliphatic heterocycles. The van der Waals surface area contributed by atoms with E-state index in [4.69, 9.17) is 4.42 Å². The fourth-order valence-corrected chi connectivity index (χ4v) is 3.06. The number of amides is 2. The van der Waals surface area contributed by atoms with Crippen LogP contribution in [0.25, 0.3) is 17.4 Å². The number of benzene rings is 2. The molecule has 8 heteroatoms. The fourth-order valence-electron chi connectivity index (χ4n) is 3.06. The van der Waals surface area contributed by atoms with Crippen molar-refractivity contribution in [2.75, 3.05) is 5.01 Å². The Hall–Kier alpha value is -4.20. The summed E-state index contributed by atoms with van der Waals surface area (Å²) in [5.41, 5.74) is 4.15. The summed E-state index contributed by atoms with van der Waals surface area (Å²) in [5.74, 6) is -0.558. The lowest BCUT2D eigenvalue weighted by molar-refractivity contribution is -0.384. The van der Waals surface area contributed by atoms with Crippen LogP contribution in [0.3, 0.4) is 0 Å². The highest BCUT2D eigenvalue weighted by molar-refractivity contribution is 6.31. The van der Waals surface area contributed by atoms with E-state index < -0.39 is 16.7 Å². The molecule has 1 fully saturated rings. The number of aryl methyl sites for hydroxylation is 1. The number of nitro groups is 1. The van der Waals surface area contributed by atoms with Gasteiger partial charge in [0.2, 0.25) is 0 Å². The maximum atomic E-state index is 12.7. The number of hydrogen-bond donors (Lipinski definition) is 1. The lowest BCUT2D eigenvalue weighted by atomic mass is 10.1. The van der Waals surface area contributed by atoms with E-state index in [0.29, 0.717) is 11.3 Å². The summed E-state index contributed by atoms with van der Waals surface area (Å²) in [5, 5.41) is 12.4. The number of carbonyl (C=O) groups is 2. The van der Waals surface area contributed by atoms with Gasteiger partial charge < -0.3 is 4.42 Å². The van der Waals surface area contributed by atoms with Gasteiger partial charge in [-0.25, -0.2) is 5.01 Å². The fraction of sp³-hybridized carbons (Fsp3) is 0.0476. The number of anilines is 1. The monoisotopic (exact) mass is 389 g/mol. The molecule has 0 saturated carbocycles. The minimum absolute atomic E-state index is 0.0880.